The van der Waals surface area contributed by atoms with E-state index in [9.17, 15) is 5.11 Å². The molecule has 1 aromatic carbocycles. The van der Waals surface area contributed by atoms with E-state index < -0.39 is 0 Å². The van der Waals surface area contributed by atoms with Crippen molar-refractivity contribution in [3.8, 4) is 11.5 Å². The van der Waals surface area contributed by atoms with Crippen molar-refractivity contribution in [3.05, 3.63) is 36.4 Å². The third-order valence-electron chi connectivity index (χ3n) is 2.67. The Morgan fingerprint density at radius 3 is 2.44 bits per heavy atom. The zero-order valence-electron chi connectivity index (χ0n) is 9.30. The number of rotatable bonds is 4. The lowest BCUT2D eigenvalue weighted by Crippen LogP contribution is -2.10. The fourth-order valence-corrected chi connectivity index (χ4v) is 1.75. The minimum atomic E-state index is -0.301. The topological polar surface area (TPSA) is 38.7 Å². The lowest BCUT2D eigenvalue weighted by Gasteiger charge is -2.11. The monoisotopic (exact) mass is 220 g/mol. The highest BCUT2D eigenvalue weighted by molar-refractivity contribution is 5.31. The number of hydrogen-bond acceptors (Lipinski definition) is 3. The lowest BCUT2D eigenvalue weighted by atomic mass is 10.1. The van der Waals surface area contributed by atoms with E-state index in [0.29, 0.717) is 12.5 Å². The van der Waals surface area contributed by atoms with Crippen LogP contribution in [-0.2, 0) is 0 Å². The summed E-state index contributed by atoms with van der Waals surface area (Å²) in [5, 5.41) is 9.31. The molecule has 0 spiro atoms. The molecule has 0 bridgehead atoms. The Balaban J connectivity index is 1.83. The molecule has 0 unspecified atom stereocenters. The third-order valence-corrected chi connectivity index (χ3v) is 2.67. The summed E-state index contributed by atoms with van der Waals surface area (Å²) in [5.41, 5.74) is 0. The molecule has 1 aromatic rings. The van der Waals surface area contributed by atoms with Gasteiger partial charge in [-0.15, -0.1) is 0 Å². The number of ether oxygens (including phenoxy) is 2. The maximum atomic E-state index is 9.31. The van der Waals surface area contributed by atoms with E-state index in [1.165, 1.54) is 0 Å². The molecule has 0 aromatic heterocycles. The van der Waals surface area contributed by atoms with Crippen LogP contribution in [0.2, 0.25) is 0 Å². The van der Waals surface area contributed by atoms with Crippen LogP contribution in [0.4, 0.5) is 0 Å². The lowest BCUT2D eigenvalue weighted by molar-refractivity contribution is 0.188. The van der Waals surface area contributed by atoms with Crippen LogP contribution in [0, 0.1) is 5.92 Å². The number of aliphatic hydroxyl groups excluding tert-OH is 1. The fourth-order valence-electron chi connectivity index (χ4n) is 1.75. The van der Waals surface area contributed by atoms with Gasteiger partial charge in [0.25, 0.3) is 0 Å². The highest BCUT2D eigenvalue weighted by Crippen LogP contribution is 2.21. The Bertz CT molecular complexity index is 356. The molecule has 1 aliphatic carbocycles. The molecule has 0 heterocycles. The molecule has 0 saturated heterocycles. The van der Waals surface area contributed by atoms with Gasteiger partial charge in [-0.05, 0) is 30.7 Å². The van der Waals surface area contributed by atoms with Crippen molar-refractivity contribution in [2.24, 2.45) is 5.92 Å². The number of hydrogen-bond donors (Lipinski definition) is 1. The predicted octanol–water partition coefficient (Wildman–Crippen LogP) is 2.01. The fraction of sp³-hybridized carbons (Fsp3) is 0.385. The molecule has 1 N–H and O–H groups in total. The molecule has 0 saturated carbocycles. The van der Waals surface area contributed by atoms with Gasteiger partial charge < -0.3 is 14.6 Å². The van der Waals surface area contributed by atoms with Gasteiger partial charge in [0.1, 0.15) is 11.5 Å². The summed E-state index contributed by atoms with van der Waals surface area (Å²) < 4.78 is 10.7. The van der Waals surface area contributed by atoms with Crippen LogP contribution < -0.4 is 9.47 Å². The zero-order valence-corrected chi connectivity index (χ0v) is 9.30. The molecule has 16 heavy (non-hydrogen) atoms. The molecule has 86 valence electrons. The Hall–Kier alpha value is -1.48. The van der Waals surface area contributed by atoms with Gasteiger partial charge in [0, 0.05) is 5.92 Å². The van der Waals surface area contributed by atoms with Crippen molar-refractivity contribution < 1.29 is 14.6 Å². The highest BCUT2D eigenvalue weighted by atomic mass is 16.5. The smallest absolute Gasteiger partial charge is 0.119 e. The molecule has 2 atom stereocenters. The second kappa shape index (κ2) is 5.03. The van der Waals surface area contributed by atoms with Crippen molar-refractivity contribution in [2.45, 2.75) is 12.5 Å². The van der Waals surface area contributed by atoms with Crippen LogP contribution in [0.25, 0.3) is 0 Å². The molecule has 0 aliphatic heterocycles. The van der Waals surface area contributed by atoms with Crippen LogP contribution in [0.3, 0.4) is 0 Å². The van der Waals surface area contributed by atoms with E-state index in [-0.39, 0.29) is 6.10 Å². The third kappa shape index (κ3) is 2.76. The first-order valence-corrected chi connectivity index (χ1v) is 5.41. The van der Waals surface area contributed by atoms with Crippen LogP contribution in [-0.4, -0.2) is 24.9 Å². The minimum absolute atomic E-state index is 0.301. The Kier molecular flexibility index (Phi) is 3.47. The summed E-state index contributed by atoms with van der Waals surface area (Å²) in [6.45, 7) is 0.611. The van der Waals surface area contributed by atoms with Gasteiger partial charge in [0.2, 0.25) is 0 Å². The van der Waals surface area contributed by atoms with Crippen molar-refractivity contribution in [1.29, 1.82) is 0 Å². The second-order valence-electron chi connectivity index (χ2n) is 3.93. The van der Waals surface area contributed by atoms with Crippen molar-refractivity contribution >= 4 is 0 Å². The Morgan fingerprint density at radius 2 is 1.88 bits per heavy atom. The number of methoxy groups -OCH3 is 1. The van der Waals surface area contributed by atoms with Crippen LogP contribution >= 0.6 is 0 Å². The maximum Gasteiger partial charge on any atom is 0.119 e. The van der Waals surface area contributed by atoms with Gasteiger partial charge in [-0.3, -0.25) is 0 Å². The SMILES string of the molecule is COc1ccc(OC[C@@H]2C=C[C@@H](O)C2)cc1. The Labute approximate surface area is 95.3 Å². The molecule has 0 amide bonds. The van der Waals surface area contributed by atoms with E-state index in [2.05, 4.69) is 0 Å². The molecule has 2 rings (SSSR count). The number of aliphatic hydroxyl groups is 1. The van der Waals surface area contributed by atoms with Crippen LogP contribution in [0.1, 0.15) is 6.42 Å². The normalized spacial score (nSPS) is 23.4. The summed E-state index contributed by atoms with van der Waals surface area (Å²) in [5.74, 6) is 1.97. The highest BCUT2D eigenvalue weighted by Gasteiger charge is 2.16. The Morgan fingerprint density at radius 1 is 1.19 bits per heavy atom. The molecule has 0 radical (unpaired) electrons. The summed E-state index contributed by atoms with van der Waals surface area (Å²) in [6.07, 6.45) is 4.29. The van der Waals surface area contributed by atoms with E-state index >= 15 is 0 Å². The molecule has 0 fully saturated rings. The second-order valence-corrected chi connectivity index (χ2v) is 3.93. The molecule has 3 nitrogen and oxygen atoms in total. The van der Waals surface area contributed by atoms with Gasteiger partial charge in [-0.1, -0.05) is 12.2 Å². The first-order valence-electron chi connectivity index (χ1n) is 5.41. The quantitative estimate of drug-likeness (QED) is 0.789. The predicted molar refractivity (Wildman–Crippen MR) is 61.7 cm³/mol. The average Bonchev–Trinajstić information content (AvgIpc) is 2.73. The maximum absolute atomic E-state index is 9.31. The van der Waals surface area contributed by atoms with Crippen LogP contribution in [0.5, 0.6) is 11.5 Å². The van der Waals surface area contributed by atoms with Crippen LogP contribution in [0.15, 0.2) is 36.4 Å². The summed E-state index contributed by atoms with van der Waals surface area (Å²) in [6, 6.07) is 7.51. The number of benzene rings is 1. The van der Waals surface area contributed by atoms with E-state index in [1.54, 1.807) is 7.11 Å². The standard InChI is InChI=1S/C13H16O3/c1-15-12-4-6-13(7-5-12)16-9-10-2-3-11(14)8-10/h2-7,10-11,14H,8-9H2,1H3/t10-,11-/m1/s1. The van der Waals surface area contributed by atoms with Crippen molar-refractivity contribution in [1.82, 2.24) is 0 Å². The van der Waals surface area contributed by atoms with E-state index in [0.717, 1.165) is 17.9 Å². The first kappa shape index (κ1) is 11.0. The van der Waals surface area contributed by atoms with Gasteiger partial charge in [0.15, 0.2) is 0 Å². The van der Waals surface area contributed by atoms with Gasteiger partial charge in [0.05, 0.1) is 19.8 Å². The largest absolute Gasteiger partial charge is 0.497 e. The average molecular weight is 220 g/mol. The molecular formula is C13H16O3. The summed E-state index contributed by atoms with van der Waals surface area (Å²) in [4.78, 5) is 0. The van der Waals surface area contributed by atoms with Crippen molar-refractivity contribution in [3.63, 3.8) is 0 Å². The van der Waals surface area contributed by atoms with E-state index in [4.69, 9.17) is 9.47 Å². The van der Waals surface area contributed by atoms with Gasteiger partial charge in [-0.25, -0.2) is 0 Å². The van der Waals surface area contributed by atoms with Gasteiger partial charge >= 0.3 is 0 Å². The zero-order chi connectivity index (χ0) is 11.4. The van der Waals surface area contributed by atoms with Crippen molar-refractivity contribution in [2.75, 3.05) is 13.7 Å². The van der Waals surface area contributed by atoms with E-state index in [1.807, 2.05) is 36.4 Å². The summed E-state index contributed by atoms with van der Waals surface area (Å²) >= 11 is 0. The summed E-state index contributed by atoms with van der Waals surface area (Å²) in [7, 11) is 1.64. The van der Waals surface area contributed by atoms with Gasteiger partial charge in [-0.2, -0.15) is 0 Å². The molecule has 3 heteroatoms. The minimum Gasteiger partial charge on any atom is -0.497 e. The molecule has 1 aliphatic rings. The molecular weight excluding hydrogens is 204 g/mol. The first-order chi connectivity index (χ1) is 7.78.